The Morgan fingerprint density at radius 3 is 2.61 bits per heavy atom. The Balaban J connectivity index is 2.04. The summed E-state index contributed by atoms with van der Waals surface area (Å²) in [5.74, 6) is 1.91. The van der Waals surface area contributed by atoms with E-state index in [0.717, 1.165) is 32.4 Å². The molecule has 5 heteroatoms. The van der Waals surface area contributed by atoms with Gasteiger partial charge in [0.25, 0.3) is 5.91 Å². The standard InChI is InChI=1S/C18H28N2O3/c1-13(2)8-11-23-16-5-4-14(12-17(16)22-3)18(21)20-9-6-15(19)7-10-20/h4-5,12-13,15H,6-11,19H2,1-3H3. The monoisotopic (exact) mass is 320 g/mol. The van der Waals surface area contributed by atoms with Gasteiger partial charge >= 0.3 is 0 Å². The first-order valence-corrected chi connectivity index (χ1v) is 8.37. The van der Waals surface area contributed by atoms with Crippen molar-refractivity contribution >= 4 is 5.91 Å². The number of rotatable bonds is 6. The quantitative estimate of drug-likeness (QED) is 0.875. The number of carbonyl (C=O) groups excluding carboxylic acids is 1. The van der Waals surface area contributed by atoms with Crippen LogP contribution in [-0.4, -0.2) is 43.7 Å². The van der Waals surface area contributed by atoms with Crippen LogP contribution >= 0.6 is 0 Å². The van der Waals surface area contributed by atoms with E-state index in [1.165, 1.54) is 0 Å². The van der Waals surface area contributed by atoms with Gasteiger partial charge in [-0.3, -0.25) is 4.79 Å². The first-order chi connectivity index (χ1) is 11.0. The summed E-state index contributed by atoms with van der Waals surface area (Å²) >= 11 is 0. The van der Waals surface area contributed by atoms with Gasteiger partial charge in [0.05, 0.1) is 13.7 Å². The van der Waals surface area contributed by atoms with Crippen molar-refractivity contribution in [3.8, 4) is 11.5 Å². The van der Waals surface area contributed by atoms with E-state index in [0.29, 0.717) is 29.6 Å². The van der Waals surface area contributed by atoms with Crippen molar-refractivity contribution in [1.29, 1.82) is 0 Å². The fourth-order valence-corrected chi connectivity index (χ4v) is 2.61. The smallest absolute Gasteiger partial charge is 0.253 e. The van der Waals surface area contributed by atoms with Crippen LogP contribution in [0.15, 0.2) is 18.2 Å². The number of piperidine rings is 1. The van der Waals surface area contributed by atoms with Gasteiger partial charge in [0, 0.05) is 24.7 Å². The molecule has 23 heavy (non-hydrogen) atoms. The Kier molecular flexibility index (Phi) is 6.28. The van der Waals surface area contributed by atoms with Crippen LogP contribution in [0.25, 0.3) is 0 Å². The third-order valence-electron chi connectivity index (χ3n) is 4.19. The lowest BCUT2D eigenvalue weighted by atomic mass is 10.0. The molecule has 1 amide bonds. The molecule has 0 unspecified atom stereocenters. The third-order valence-corrected chi connectivity index (χ3v) is 4.19. The highest BCUT2D eigenvalue weighted by Gasteiger charge is 2.22. The number of nitrogens with zero attached hydrogens (tertiary/aromatic N) is 1. The Bertz CT molecular complexity index is 523. The molecule has 0 aliphatic carbocycles. The first kappa shape index (κ1) is 17.6. The fourth-order valence-electron chi connectivity index (χ4n) is 2.61. The maximum atomic E-state index is 12.6. The summed E-state index contributed by atoms with van der Waals surface area (Å²) in [5.41, 5.74) is 6.53. The molecule has 1 aliphatic heterocycles. The van der Waals surface area contributed by atoms with E-state index >= 15 is 0 Å². The maximum Gasteiger partial charge on any atom is 0.253 e. The molecule has 0 radical (unpaired) electrons. The van der Waals surface area contributed by atoms with Gasteiger partial charge in [0.2, 0.25) is 0 Å². The predicted molar refractivity (Wildman–Crippen MR) is 91.1 cm³/mol. The van der Waals surface area contributed by atoms with Crippen molar-refractivity contribution < 1.29 is 14.3 Å². The molecule has 1 aromatic carbocycles. The Labute approximate surface area is 138 Å². The zero-order valence-electron chi connectivity index (χ0n) is 14.4. The zero-order chi connectivity index (χ0) is 16.8. The summed E-state index contributed by atoms with van der Waals surface area (Å²) < 4.78 is 11.1. The maximum absolute atomic E-state index is 12.6. The Morgan fingerprint density at radius 2 is 2.00 bits per heavy atom. The van der Waals surface area contributed by atoms with E-state index in [4.69, 9.17) is 15.2 Å². The molecule has 5 nitrogen and oxygen atoms in total. The molecule has 2 rings (SSSR count). The number of methoxy groups -OCH3 is 1. The van der Waals surface area contributed by atoms with Crippen molar-refractivity contribution in [3.63, 3.8) is 0 Å². The van der Waals surface area contributed by atoms with Crippen LogP contribution in [0.2, 0.25) is 0 Å². The normalized spacial score (nSPS) is 15.8. The lowest BCUT2D eigenvalue weighted by Gasteiger charge is -2.30. The lowest BCUT2D eigenvalue weighted by molar-refractivity contribution is 0.0714. The van der Waals surface area contributed by atoms with Gasteiger partial charge in [-0.25, -0.2) is 0 Å². The minimum Gasteiger partial charge on any atom is -0.493 e. The van der Waals surface area contributed by atoms with Crippen LogP contribution < -0.4 is 15.2 Å². The van der Waals surface area contributed by atoms with Gasteiger partial charge in [-0.2, -0.15) is 0 Å². The topological polar surface area (TPSA) is 64.8 Å². The van der Waals surface area contributed by atoms with Crippen LogP contribution in [0, 0.1) is 5.92 Å². The summed E-state index contributed by atoms with van der Waals surface area (Å²) in [5, 5.41) is 0. The first-order valence-electron chi connectivity index (χ1n) is 8.37. The van der Waals surface area contributed by atoms with E-state index in [2.05, 4.69) is 13.8 Å². The summed E-state index contributed by atoms with van der Waals surface area (Å²) in [6, 6.07) is 5.61. The largest absolute Gasteiger partial charge is 0.493 e. The highest BCUT2D eigenvalue weighted by atomic mass is 16.5. The molecule has 0 atom stereocenters. The van der Waals surface area contributed by atoms with Crippen molar-refractivity contribution in [2.24, 2.45) is 11.7 Å². The van der Waals surface area contributed by atoms with Crippen LogP contribution in [0.3, 0.4) is 0 Å². The molecule has 2 N–H and O–H groups in total. The van der Waals surface area contributed by atoms with Gasteiger partial charge in [0.1, 0.15) is 0 Å². The molecule has 0 saturated carbocycles. The zero-order valence-corrected chi connectivity index (χ0v) is 14.4. The van der Waals surface area contributed by atoms with Gasteiger partial charge in [-0.05, 0) is 43.4 Å². The average molecular weight is 320 g/mol. The SMILES string of the molecule is COc1cc(C(=O)N2CCC(N)CC2)ccc1OCCC(C)C. The van der Waals surface area contributed by atoms with Gasteiger partial charge < -0.3 is 20.1 Å². The number of amides is 1. The molecule has 1 saturated heterocycles. The highest BCUT2D eigenvalue weighted by Crippen LogP contribution is 2.29. The molecule has 0 spiro atoms. The number of nitrogens with two attached hydrogens (primary N) is 1. The minimum atomic E-state index is 0.0314. The Hall–Kier alpha value is -1.75. The molecule has 1 aliphatic rings. The fraction of sp³-hybridized carbons (Fsp3) is 0.611. The highest BCUT2D eigenvalue weighted by molar-refractivity contribution is 5.95. The predicted octanol–water partition coefficient (Wildman–Crippen LogP) is 2.68. The number of ether oxygens (including phenoxy) is 2. The van der Waals surface area contributed by atoms with Crippen molar-refractivity contribution in [2.45, 2.75) is 39.2 Å². The van der Waals surface area contributed by atoms with Crippen molar-refractivity contribution in [2.75, 3.05) is 26.8 Å². The number of benzene rings is 1. The van der Waals surface area contributed by atoms with Crippen LogP contribution in [0.5, 0.6) is 11.5 Å². The summed E-state index contributed by atoms with van der Waals surface area (Å²) in [4.78, 5) is 14.4. The molecule has 1 heterocycles. The van der Waals surface area contributed by atoms with Crippen LogP contribution in [-0.2, 0) is 0 Å². The number of hydrogen-bond acceptors (Lipinski definition) is 4. The average Bonchev–Trinajstić information content (AvgIpc) is 2.54. The van der Waals surface area contributed by atoms with Gasteiger partial charge in [-0.1, -0.05) is 13.8 Å². The summed E-state index contributed by atoms with van der Waals surface area (Å²) in [6.07, 6.45) is 2.70. The van der Waals surface area contributed by atoms with Crippen molar-refractivity contribution in [1.82, 2.24) is 4.90 Å². The Morgan fingerprint density at radius 1 is 1.30 bits per heavy atom. The van der Waals surface area contributed by atoms with Crippen LogP contribution in [0.1, 0.15) is 43.5 Å². The molecule has 128 valence electrons. The summed E-state index contributed by atoms with van der Waals surface area (Å²) in [6.45, 7) is 6.40. The van der Waals surface area contributed by atoms with E-state index < -0.39 is 0 Å². The third kappa shape index (κ3) is 4.86. The van der Waals surface area contributed by atoms with Crippen molar-refractivity contribution in [3.05, 3.63) is 23.8 Å². The molecule has 0 aromatic heterocycles. The van der Waals surface area contributed by atoms with E-state index in [1.54, 1.807) is 13.2 Å². The number of likely N-dealkylation sites (tertiary alicyclic amines) is 1. The molecular formula is C18H28N2O3. The molecular weight excluding hydrogens is 292 g/mol. The van der Waals surface area contributed by atoms with Gasteiger partial charge in [0.15, 0.2) is 11.5 Å². The number of carbonyl (C=O) groups is 1. The molecule has 1 aromatic rings. The second kappa shape index (κ2) is 8.20. The van der Waals surface area contributed by atoms with E-state index in [1.807, 2.05) is 17.0 Å². The molecule has 0 bridgehead atoms. The molecule has 1 fully saturated rings. The summed E-state index contributed by atoms with van der Waals surface area (Å²) in [7, 11) is 1.60. The second-order valence-electron chi connectivity index (χ2n) is 6.53. The van der Waals surface area contributed by atoms with Crippen LogP contribution in [0.4, 0.5) is 0 Å². The lowest BCUT2D eigenvalue weighted by Crippen LogP contribution is -2.42. The number of hydrogen-bond donors (Lipinski definition) is 1. The minimum absolute atomic E-state index is 0.0314. The second-order valence-corrected chi connectivity index (χ2v) is 6.53. The van der Waals surface area contributed by atoms with E-state index in [-0.39, 0.29) is 11.9 Å². The van der Waals surface area contributed by atoms with Gasteiger partial charge in [-0.15, -0.1) is 0 Å². The van der Waals surface area contributed by atoms with E-state index in [9.17, 15) is 4.79 Å².